The van der Waals surface area contributed by atoms with Crippen LogP contribution in [-0.2, 0) is 0 Å². The van der Waals surface area contributed by atoms with Gasteiger partial charge in [0, 0.05) is 24.3 Å². The number of hydrogen-bond acceptors (Lipinski definition) is 3. The lowest BCUT2D eigenvalue weighted by Crippen LogP contribution is -2.36. The van der Waals surface area contributed by atoms with E-state index in [0.29, 0.717) is 5.33 Å². The van der Waals surface area contributed by atoms with Crippen molar-refractivity contribution in [1.82, 2.24) is 14.9 Å². The molecule has 0 unspecified atom stereocenters. The van der Waals surface area contributed by atoms with Gasteiger partial charge in [0.05, 0.1) is 12.1 Å². The zero-order valence-corrected chi connectivity index (χ0v) is 9.90. The van der Waals surface area contributed by atoms with Gasteiger partial charge in [-0.05, 0) is 0 Å². The Morgan fingerprint density at radius 3 is 2.56 bits per heavy atom. The molecule has 0 aliphatic carbocycles. The Kier molecular flexibility index (Phi) is 5.24. The molecule has 1 heterocycles. The Morgan fingerprint density at radius 2 is 2.06 bits per heavy atom. The van der Waals surface area contributed by atoms with Gasteiger partial charge in [-0.15, -0.1) is 0 Å². The Hall–Kier alpha value is -1.11. The zero-order chi connectivity index (χ0) is 12.0. The topological polar surface area (TPSA) is 46.1 Å². The summed E-state index contributed by atoms with van der Waals surface area (Å²) in [7, 11) is 0. The average Bonchev–Trinajstić information content (AvgIpc) is 2.28. The molecule has 4 nitrogen and oxygen atoms in total. The lowest BCUT2D eigenvalue weighted by atomic mass is 10.3. The maximum absolute atomic E-state index is 12.2. The van der Waals surface area contributed by atoms with Crippen molar-refractivity contribution in [1.29, 1.82) is 0 Å². The van der Waals surface area contributed by atoms with Crippen LogP contribution in [0.2, 0.25) is 0 Å². The highest BCUT2D eigenvalue weighted by Crippen LogP contribution is 2.06. The Morgan fingerprint density at radius 1 is 1.44 bits per heavy atom. The third kappa shape index (κ3) is 3.80. The van der Waals surface area contributed by atoms with Crippen molar-refractivity contribution in [3.05, 3.63) is 24.3 Å². The molecule has 16 heavy (non-hydrogen) atoms. The molecule has 7 heteroatoms. The predicted molar refractivity (Wildman–Crippen MR) is 57.7 cm³/mol. The molecule has 0 atom stereocenters. The molecule has 0 aromatic carbocycles. The fraction of sp³-hybridized carbons (Fsp3) is 0.444. The molecule has 1 amide bonds. The van der Waals surface area contributed by atoms with E-state index in [0.717, 1.165) is 4.90 Å². The summed E-state index contributed by atoms with van der Waals surface area (Å²) in [4.78, 5) is 20.2. The van der Waals surface area contributed by atoms with Crippen LogP contribution in [0.15, 0.2) is 18.7 Å². The van der Waals surface area contributed by atoms with Crippen molar-refractivity contribution in [2.24, 2.45) is 0 Å². The molecule has 1 aromatic heterocycles. The van der Waals surface area contributed by atoms with Crippen LogP contribution < -0.4 is 0 Å². The lowest BCUT2D eigenvalue weighted by Gasteiger charge is -2.20. The van der Waals surface area contributed by atoms with E-state index >= 15 is 0 Å². The Balaban J connectivity index is 2.74. The number of nitrogens with zero attached hydrogens (tertiary/aromatic N) is 3. The van der Waals surface area contributed by atoms with Crippen LogP contribution in [0.5, 0.6) is 0 Å². The van der Waals surface area contributed by atoms with E-state index in [1.807, 2.05) is 0 Å². The largest absolute Gasteiger partial charge is 0.332 e. The predicted octanol–water partition coefficient (Wildman–Crippen LogP) is 1.58. The van der Waals surface area contributed by atoms with Crippen LogP contribution >= 0.6 is 15.9 Å². The third-order valence-electron chi connectivity index (χ3n) is 1.81. The normalized spacial score (nSPS) is 10.5. The van der Waals surface area contributed by atoms with Gasteiger partial charge in [0.1, 0.15) is 6.33 Å². The van der Waals surface area contributed by atoms with Crippen molar-refractivity contribution >= 4 is 21.8 Å². The Bertz CT molecular complexity index is 337. The van der Waals surface area contributed by atoms with Crippen LogP contribution in [0.25, 0.3) is 0 Å². The highest BCUT2D eigenvalue weighted by Gasteiger charge is 2.19. The van der Waals surface area contributed by atoms with Gasteiger partial charge in [-0.25, -0.2) is 18.7 Å². The molecule has 0 N–H and O–H groups in total. The van der Waals surface area contributed by atoms with E-state index in [-0.39, 0.29) is 12.1 Å². The maximum Gasteiger partial charge on any atom is 0.257 e. The maximum atomic E-state index is 12.2. The second-order valence-electron chi connectivity index (χ2n) is 2.96. The summed E-state index contributed by atoms with van der Waals surface area (Å²) in [5, 5.41) is 0.444. The van der Waals surface area contributed by atoms with Crippen LogP contribution in [0, 0.1) is 0 Å². The summed E-state index contributed by atoms with van der Waals surface area (Å²) in [5.41, 5.74) is 0.212. The van der Waals surface area contributed by atoms with Crippen molar-refractivity contribution in [2.45, 2.75) is 6.43 Å². The minimum absolute atomic E-state index is 0.212. The first-order valence-corrected chi connectivity index (χ1v) is 5.65. The van der Waals surface area contributed by atoms with Gasteiger partial charge in [0.25, 0.3) is 12.3 Å². The number of carbonyl (C=O) groups is 1. The minimum Gasteiger partial charge on any atom is -0.332 e. The highest BCUT2D eigenvalue weighted by molar-refractivity contribution is 9.09. The fourth-order valence-corrected chi connectivity index (χ4v) is 1.56. The molecular weight excluding hydrogens is 284 g/mol. The van der Waals surface area contributed by atoms with Gasteiger partial charge in [0.2, 0.25) is 0 Å². The molecule has 1 aromatic rings. The number of carbonyl (C=O) groups excluding carboxylic acids is 1. The van der Waals surface area contributed by atoms with E-state index in [4.69, 9.17) is 0 Å². The van der Waals surface area contributed by atoms with Crippen LogP contribution in [0.1, 0.15) is 10.4 Å². The van der Waals surface area contributed by atoms with Crippen molar-refractivity contribution in [3.63, 3.8) is 0 Å². The zero-order valence-electron chi connectivity index (χ0n) is 8.31. The van der Waals surface area contributed by atoms with Crippen molar-refractivity contribution in [3.8, 4) is 0 Å². The third-order valence-corrected chi connectivity index (χ3v) is 2.16. The highest BCUT2D eigenvalue weighted by atomic mass is 79.9. The molecular formula is C9H10BrF2N3O. The van der Waals surface area contributed by atoms with Gasteiger partial charge < -0.3 is 4.90 Å². The molecule has 0 aliphatic heterocycles. The van der Waals surface area contributed by atoms with Crippen molar-refractivity contribution in [2.75, 3.05) is 18.4 Å². The lowest BCUT2D eigenvalue weighted by molar-refractivity contribution is 0.0571. The van der Waals surface area contributed by atoms with Crippen LogP contribution in [-0.4, -0.2) is 45.6 Å². The second-order valence-corrected chi connectivity index (χ2v) is 3.75. The monoisotopic (exact) mass is 293 g/mol. The summed E-state index contributed by atoms with van der Waals surface area (Å²) in [6, 6.07) is 0. The molecule has 0 spiro atoms. The van der Waals surface area contributed by atoms with Gasteiger partial charge in [0.15, 0.2) is 0 Å². The number of aromatic nitrogens is 2. The summed E-state index contributed by atoms with van der Waals surface area (Å²) in [6.07, 6.45) is 1.34. The van der Waals surface area contributed by atoms with Crippen molar-refractivity contribution < 1.29 is 13.6 Å². The second kappa shape index (κ2) is 6.47. The molecule has 0 saturated carbocycles. The van der Waals surface area contributed by atoms with Gasteiger partial charge in [-0.1, -0.05) is 15.9 Å². The first kappa shape index (κ1) is 13.0. The first-order chi connectivity index (χ1) is 7.65. The van der Waals surface area contributed by atoms with E-state index in [1.165, 1.54) is 18.7 Å². The molecule has 1 rings (SSSR count). The summed E-state index contributed by atoms with van der Waals surface area (Å²) in [5.74, 6) is -0.486. The van der Waals surface area contributed by atoms with Gasteiger partial charge in [-0.3, -0.25) is 4.79 Å². The molecule has 0 bridgehead atoms. The smallest absolute Gasteiger partial charge is 0.257 e. The molecule has 0 aliphatic rings. The molecule has 88 valence electrons. The van der Waals surface area contributed by atoms with Gasteiger partial charge >= 0.3 is 0 Å². The summed E-state index contributed by atoms with van der Waals surface area (Å²) in [6.45, 7) is -0.364. The molecule has 0 fully saturated rings. The number of alkyl halides is 3. The molecule has 0 radical (unpaired) electrons. The SMILES string of the molecule is O=C(c1cncnc1)N(CCBr)CC(F)F. The van der Waals surface area contributed by atoms with Crippen LogP contribution in [0.3, 0.4) is 0 Å². The first-order valence-electron chi connectivity index (χ1n) is 4.53. The van der Waals surface area contributed by atoms with E-state index in [2.05, 4.69) is 25.9 Å². The van der Waals surface area contributed by atoms with E-state index in [1.54, 1.807) is 0 Å². The minimum atomic E-state index is -2.55. The standard InChI is InChI=1S/C9H10BrF2N3O/c10-1-2-15(5-8(11)12)9(16)7-3-13-6-14-4-7/h3-4,6,8H,1-2,5H2. The van der Waals surface area contributed by atoms with Gasteiger partial charge in [-0.2, -0.15) is 0 Å². The summed E-state index contributed by atoms with van der Waals surface area (Å²) >= 11 is 3.11. The summed E-state index contributed by atoms with van der Waals surface area (Å²) < 4.78 is 24.5. The number of hydrogen-bond donors (Lipinski definition) is 0. The Labute approximate surface area is 99.8 Å². The van der Waals surface area contributed by atoms with E-state index < -0.39 is 18.9 Å². The fourth-order valence-electron chi connectivity index (χ4n) is 1.14. The number of rotatable bonds is 5. The quantitative estimate of drug-likeness (QED) is 0.775. The number of amides is 1. The van der Waals surface area contributed by atoms with E-state index in [9.17, 15) is 13.6 Å². The number of halogens is 3. The van der Waals surface area contributed by atoms with Crippen LogP contribution in [0.4, 0.5) is 8.78 Å². The average molecular weight is 294 g/mol. The molecule has 0 saturated heterocycles.